The molecule has 0 radical (unpaired) electrons. The molecule has 0 saturated carbocycles. The molecule has 2 heterocycles. The molecule has 0 saturated heterocycles. The number of amides is 1. The van der Waals surface area contributed by atoms with E-state index in [0.29, 0.717) is 52.3 Å². The van der Waals surface area contributed by atoms with Crippen LogP contribution in [0.15, 0.2) is 55.1 Å². The molecule has 0 fully saturated rings. The smallest absolute Gasteiger partial charge is 0.258 e. The van der Waals surface area contributed by atoms with E-state index in [4.69, 9.17) is 21.1 Å². The minimum absolute atomic E-state index is 0.127. The quantitative estimate of drug-likeness (QED) is 0.178. The van der Waals surface area contributed by atoms with Crippen LogP contribution in [0.25, 0.3) is 10.9 Å². The van der Waals surface area contributed by atoms with Crippen molar-refractivity contribution in [2.24, 2.45) is 5.41 Å². The topological polar surface area (TPSA) is 135 Å². The number of hydrogen-bond acceptors (Lipinski definition) is 10. The normalized spacial score (nSPS) is 11.5. The lowest BCUT2D eigenvalue weighted by molar-refractivity contribution is 0.102. The zero-order valence-corrected chi connectivity index (χ0v) is 25.0. The third-order valence-corrected chi connectivity index (χ3v) is 6.37. The first kappa shape index (κ1) is 30.9. The fraction of sp³-hybridized carbons (Fsp3) is 0.367. The molecule has 0 atom stereocenters. The van der Waals surface area contributed by atoms with E-state index in [2.05, 4.69) is 56.2 Å². The summed E-state index contributed by atoms with van der Waals surface area (Å²) >= 11 is 5.97. The van der Waals surface area contributed by atoms with Crippen LogP contribution in [-0.4, -0.2) is 75.8 Å². The number of aliphatic hydroxyl groups excluding tert-OH is 1. The molecule has 4 rings (SSSR count). The fourth-order valence-electron chi connectivity index (χ4n) is 4.39. The Morgan fingerprint density at radius 2 is 1.83 bits per heavy atom. The Bertz CT molecular complexity index is 1500. The first-order valence-electron chi connectivity index (χ1n) is 13.6. The number of hydrogen-bond donors (Lipinski definition) is 3. The number of methoxy groups -OCH3 is 1. The molecule has 0 spiro atoms. The predicted octanol–water partition coefficient (Wildman–Crippen LogP) is 5.19. The van der Waals surface area contributed by atoms with Gasteiger partial charge in [-0.15, -0.1) is 0 Å². The van der Waals surface area contributed by atoms with Crippen molar-refractivity contribution >= 4 is 45.9 Å². The number of nitrogens with zero attached hydrogens (tertiary/aromatic N) is 5. The molecule has 4 aromatic rings. The number of aromatic nitrogens is 4. The maximum Gasteiger partial charge on any atom is 0.258 e. The second kappa shape index (κ2) is 14.2. The van der Waals surface area contributed by atoms with E-state index in [1.54, 1.807) is 43.8 Å². The number of nitrogens with one attached hydrogen (secondary N) is 2. The first-order chi connectivity index (χ1) is 20.1. The highest BCUT2D eigenvalue weighted by Crippen LogP contribution is 2.34. The molecule has 2 aromatic heterocycles. The van der Waals surface area contributed by atoms with Gasteiger partial charge in [0.2, 0.25) is 5.95 Å². The molecule has 0 aliphatic carbocycles. The fourth-order valence-corrected chi connectivity index (χ4v) is 4.58. The van der Waals surface area contributed by atoms with Gasteiger partial charge in [-0.25, -0.2) is 19.9 Å². The zero-order valence-electron chi connectivity index (χ0n) is 24.2. The van der Waals surface area contributed by atoms with Gasteiger partial charge in [0.25, 0.3) is 5.91 Å². The number of rotatable bonds is 13. The second-order valence-corrected chi connectivity index (χ2v) is 11.3. The summed E-state index contributed by atoms with van der Waals surface area (Å²) in [6.07, 6.45) is 5.34. The minimum atomic E-state index is -0.363. The van der Waals surface area contributed by atoms with Gasteiger partial charge in [-0.1, -0.05) is 38.4 Å². The highest BCUT2D eigenvalue weighted by molar-refractivity contribution is 6.31. The van der Waals surface area contributed by atoms with Crippen molar-refractivity contribution in [1.82, 2.24) is 24.8 Å². The summed E-state index contributed by atoms with van der Waals surface area (Å²) in [5.41, 5.74) is 1.79. The molecule has 12 heteroatoms. The molecular formula is C30H36ClN7O4. The number of ether oxygens (including phenoxy) is 2. The van der Waals surface area contributed by atoms with E-state index in [1.165, 1.54) is 6.33 Å². The monoisotopic (exact) mass is 593 g/mol. The van der Waals surface area contributed by atoms with E-state index in [9.17, 15) is 9.90 Å². The number of benzene rings is 2. The third kappa shape index (κ3) is 8.72. The van der Waals surface area contributed by atoms with Gasteiger partial charge in [0.15, 0.2) is 11.5 Å². The standard InChI is InChI=1S/C30H36ClN7O4/c1-30(2,3)18-38(10-11-39)9-6-12-42-26-15-24-23(14-25(26)41-4)27(35-19-34-24)36-22-16-32-29(33-17-22)37-28(40)20-7-5-8-21(31)13-20/h5,7-8,13-17,19,39H,6,9-12,18H2,1-4H3,(H,34,35,36)(H,32,33,37,40). The van der Waals surface area contributed by atoms with Crippen molar-refractivity contribution < 1.29 is 19.4 Å². The summed E-state index contributed by atoms with van der Waals surface area (Å²) < 4.78 is 11.7. The molecule has 0 unspecified atom stereocenters. The Morgan fingerprint density at radius 3 is 2.52 bits per heavy atom. The van der Waals surface area contributed by atoms with Crippen molar-refractivity contribution in [3.63, 3.8) is 0 Å². The van der Waals surface area contributed by atoms with Crippen LogP contribution in [0.5, 0.6) is 11.5 Å². The minimum Gasteiger partial charge on any atom is -0.493 e. The van der Waals surface area contributed by atoms with Crippen molar-refractivity contribution in [1.29, 1.82) is 0 Å². The molecule has 1 amide bonds. The summed E-state index contributed by atoms with van der Waals surface area (Å²) in [6.45, 7) is 9.51. The average Bonchev–Trinajstić information content (AvgIpc) is 2.95. The Kier molecular flexibility index (Phi) is 10.5. The van der Waals surface area contributed by atoms with Crippen LogP contribution in [0.1, 0.15) is 37.6 Å². The van der Waals surface area contributed by atoms with E-state index in [-0.39, 0.29) is 23.9 Å². The van der Waals surface area contributed by atoms with E-state index in [0.717, 1.165) is 24.9 Å². The third-order valence-electron chi connectivity index (χ3n) is 6.14. The van der Waals surface area contributed by atoms with Crippen LogP contribution < -0.4 is 20.1 Å². The summed E-state index contributed by atoms with van der Waals surface area (Å²) in [5, 5.41) is 16.5. The number of fused-ring (bicyclic) bond motifs is 1. The van der Waals surface area contributed by atoms with Gasteiger partial charge < -0.3 is 24.8 Å². The number of carbonyl (C=O) groups is 1. The maximum atomic E-state index is 12.5. The van der Waals surface area contributed by atoms with Gasteiger partial charge in [-0.05, 0) is 36.1 Å². The SMILES string of the molecule is COc1cc2c(Nc3cnc(NC(=O)c4cccc(Cl)c4)nc3)ncnc2cc1OCCCN(CCO)CC(C)(C)C. The number of aliphatic hydroxyl groups is 1. The van der Waals surface area contributed by atoms with Gasteiger partial charge in [0.1, 0.15) is 12.1 Å². The Morgan fingerprint density at radius 1 is 1.05 bits per heavy atom. The van der Waals surface area contributed by atoms with Crippen molar-refractivity contribution in [2.45, 2.75) is 27.2 Å². The van der Waals surface area contributed by atoms with Crippen LogP contribution in [-0.2, 0) is 0 Å². The molecule has 0 aliphatic heterocycles. The number of halogens is 1. The predicted molar refractivity (Wildman–Crippen MR) is 164 cm³/mol. The van der Waals surface area contributed by atoms with Crippen LogP contribution >= 0.6 is 11.6 Å². The Labute approximate surface area is 250 Å². The average molecular weight is 594 g/mol. The zero-order chi connectivity index (χ0) is 30.1. The van der Waals surface area contributed by atoms with Crippen LogP contribution in [0.2, 0.25) is 5.02 Å². The largest absolute Gasteiger partial charge is 0.493 e. The lowest BCUT2D eigenvalue weighted by atomic mass is 9.96. The van der Waals surface area contributed by atoms with E-state index < -0.39 is 0 Å². The second-order valence-electron chi connectivity index (χ2n) is 10.9. The number of anilines is 3. The lowest BCUT2D eigenvalue weighted by Gasteiger charge is -2.29. The van der Waals surface area contributed by atoms with Gasteiger partial charge in [-0.3, -0.25) is 10.1 Å². The number of carbonyl (C=O) groups excluding carboxylic acids is 1. The molecule has 0 aliphatic rings. The summed E-state index contributed by atoms with van der Waals surface area (Å²) in [4.78, 5) is 32.0. The van der Waals surface area contributed by atoms with Crippen LogP contribution in [0.4, 0.5) is 17.5 Å². The van der Waals surface area contributed by atoms with Crippen molar-refractivity contribution in [3.8, 4) is 11.5 Å². The van der Waals surface area contributed by atoms with E-state index >= 15 is 0 Å². The molecule has 222 valence electrons. The highest BCUT2D eigenvalue weighted by Gasteiger charge is 2.17. The summed E-state index contributed by atoms with van der Waals surface area (Å²) in [7, 11) is 1.58. The maximum absolute atomic E-state index is 12.5. The van der Waals surface area contributed by atoms with Gasteiger partial charge in [0, 0.05) is 41.7 Å². The van der Waals surface area contributed by atoms with Gasteiger partial charge in [0.05, 0.1) is 43.9 Å². The van der Waals surface area contributed by atoms with Gasteiger partial charge >= 0.3 is 0 Å². The molecule has 2 aromatic carbocycles. The Hall–Kier alpha value is -4.06. The van der Waals surface area contributed by atoms with Crippen molar-refractivity contribution in [2.75, 3.05) is 50.6 Å². The molecule has 11 nitrogen and oxygen atoms in total. The summed E-state index contributed by atoms with van der Waals surface area (Å²) in [5.74, 6) is 1.46. The first-order valence-corrected chi connectivity index (χ1v) is 14.0. The highest BCUT2D eigenvalue weighted by atomic mass is 35.5. The molecule has 42 heavy (non-hydrogen) atoms. The van der Waals surface area contributed by atoms with Crippen LogP contribution in [0.3, 0.4) is 0 Å². The molecule has 3 N–H and O–H groups in total. The van der Waals surface area contributed by atoms with E-state index in [1.807, 2.05) is 12.1 Å². The lowest BCUT2D eigenvalue weighted by Crippen LogP contribution is -2.36. The molecule has 0 bridgehead atoms. The molecular weight excluding hydrogens is 558 g/mol. The van der Waals surface area contributed by atoms with Crippen LogP contribution in [0, 0.1) is 5.41 Å². The van der Waals surface area contributed by atoms with Crippen molar-refractivity contribution in [3.05, 3.63) is 65.7 Å². The Balaban J connectivity index is 1.41. The summed E-state index contributed by atoms with van der Waals surface area (Å²) in [6, 6.07) is 10.3. The van der Waals surface area contributed by atoms with Gasteiger partial charge in [-0.2, -0.15) is 0 Å².